The molecule has 0 heterocycles. The number of likely N-dealkylation sites (N-methyl/N-ethyl adjacent to an activating group) is 1. The fraction of sp³-hybridized carbons (Fsp3) is 0.933. The quantitative estimate of drug-likeness (QED) is 0.309. The number of nitrogens with zero attached hydrogens (tertiary/aromatic N) is 2. The summed E-state index contributed by atoms with van der Waals surface area (Å²) in [6.45, 7) is 4.15. The standard InChI is InChI=1S/C15H32N4O3S/c1-16-14(17-8-10-19(2)9-5-11-22-3)18-12-15(6-7-15)13-23(4,20)21/h5-13H2,1-4H3,(H2,16,17,18). The van der Waals surface area contributed by atoms with E-state index in [-0.39, 0.29) is 11.2 Å². The Labute approximate surface area is 140 Å². The minimum Gasteiger partial charge on any atom is -0.385 e. The Morgan fingerprint density at radius 3 is 2.52 bits per heavy atom. The van der Waals surface area contributed by atoms with Gasteiger partial charge in [-0.25, -0.2) is 8.42 Å². The van der Waals surface area contributed by atoms with Crippen LogP contribution in [0.2, 0.25) is 0 Å². The second kappa shape index (κ2) is 9.44. The maximum absolute atomic E-state index is 11.5. The molecule has 0 aromatic heterocycles. The summed E-state index contributed by atoms with van der Waals surface area (Å²) in [6.07, 6.45) is 4.26. The van der Waals surface area contributed by atoms with Gasteiger partial charge in [-0.05, 0) is 26.3 Å². The van der Waals surface area contributed by atoms with Gasteiger partial charge in [0.15, 0.2) is 5.96 Å². The molecule has 1 saturated carbocycles. The Bertz CT molecular complexity index is 475. The van der Waals surface area contributed by atoms with Crippen LogP contribution in [0.25, 0.3) is 0 Å². The summed E-state index contributed by atoms with van der Waals surface area (Å²) >= 11 is 0. The molecule has 0 saturated heterocycles. The number of rotatable bonds is 11. The maximum atomic E-state index is 11.5. The zero-order valence-electron chi connectivity index (χ0n) is 14.9. The summed E-state index contributed by atoms with van der Waals surface area (Å²) in [7, 11) is 2.60. The van der Waals surface area contributed by atoms with Gasteiger partial charge in [0.25, 0.3) is 0 Å². The third-order valence-corrected chi connectivity index (χ3v) is 5.19. The van der Waals surface area contributed by atoms with Gasteiger partial charge in [-0.3, -0.25) is 4.99 Å². The third kappa shape index (κ3) is 9.12. The summed E-state index contributed by atoms with van der Waals surface area (Å²) < 4.78 is 28.0. The molecule has 0 radical (unpaired) electrons. The molecular formula is C15H32N4O3S. The highest BCUT2D eigenvalue weighted by Gasteiger charge is 2.45. The summed E-state index contributed by atoms with van der Waals surface area (Å²) in [5.41, 5.74) is -0.0951. The van der Waals surface area contributed by atoms with Crippen LogP contribution in [0.1, 0.15) is 19.3 Å². The van der Waals surface area contributed by atoms with Crippen molar-refractivity contribution in [3.8, 4) is 0 Å². The molecule has 0 atom stereocenters. The molecule has 0 aromatic carbocycles. The van der Waals surface area contributed by atoms with Crippen LogP contribution in [0.3, 0.4) is 0 Å². The average Bonchev–Trinajstić information content (AvgIpc) is 3.20. The third-order valence-electron chi connectivity index (χ3n) is 4.05. The van der Waals surface area contributed by atoms with Crippen molar-refractivity contribution in [2.45, 2.75) is 19.3 Å². The Morgan fingerprint density at radius 1 is 1.30 bits per heavy atom. The lowest BCUT2D eigenvalue weighted by atomic mass is 10.1. The molecular weight excluding hydrogens is 316 g/mol. The van der Waals surface area contributed by atoms with Crippen molar-refractivity contribution in [1.82, 2.24) is 15.5 Å². The molecule has 2 N–H and O–H groups in total. The fourth-order valence-corrected chi connectivity index (χ4v) is 4.06. The van der Waals surface area contributed by atoms with E-state index >= 15 is 0 Å². The first kappa shape index (κ1) is 20.2. The van der Waals surface area contributed by atoms with Gasteiger partial charge < -0.3 is 20.3 Å². The molecule has 1 aliphatic rings. The second-order valence-corrected chi connectivity index (χ2v) is 8.71. The molecule has 0 spiro atoms. The Morgan fingerprint density at radius 2 is 2.00 bits per heavy atom. The van der Waals surface area contributed by atoms with Crippen molar-refractivity contribution in [1.29, 1.82) is 0 Å². The van der Waals surface area contributed by atoms with Crippen molar-refractivity contribution >= 4 is 15.8 Å². The normalized spacial score (nSPS) is 17.3. The second-order valence-electron chi connectivity index (χ2n) is 6.57. The minimum atomic E-state index is -2.93. The van der Waals surface area contributed by atoms with E-state index in [1.165, 1.54) is 6.26 Å². The monoisotopic (exact) mass is 348 g/mol. The molecule has 7 nitrogen and oxygen atoms in total. The molecule has 8 heteroatoms. The lowest BCUT2D eigenvalue weighted by Crippen LogP contribution is -2.44. The van der Waals surface area contributed by atoms with Crippen LogP contribution >= 0.6 is 0 Å². The number of methoxy groups -OCH3 is 1. The predicted octanol–water partition coefficient (Wildman–Crippen LogP) is -0.0555. The van der Waals surface area contributed by atoms with Crippen molar-refractivity contribution < 1.29 is 13.2 Å². The van der Waals surface area contributed by atoms with E-state index in [0.29, 0.717) is 6.54 Å². The Balaban J connectivity index is 2.23. The largest absolute Gasteiger partial charge is 0.385 e. The number of sulfone groups is 1. The lowest BCUT2D eigenvalue weighted by molar-refractivity contribution is 0.180. The zero-order chi connectivity index (χ0) is 17.3. The molecule has 0 aliphatic heterocycles. The van der Waals surface area contributed by atoms with Crippen molar-refractivity contribution in [2.75, 3.05) is 66.0 Å². The molecule has 136 valence electrons. The molecule has 23 heavy (non-hydrogen) atoms. The van der Waals surface area contributed by atoms with Gasteiger partial charge in [-0.2, -0.15) is 0 Å². The highest BCUT2D eigenvalue weighted by atomic mass is 32.2. The van der Waals surface area contributed by atoms with Crippen LogP contribution in [-0.4, -0.2) is 85.3 Å². The number of ether oxygens (including phenoxy) is 1. The first-order chi connectivity index (χ1) is 10.8. The molecule has 1 rings (SSSR count). The average molecular weight is 349 g/mol. The summed E-state index contributed by atoms with van der Waals surface area (Å²) in [5, 5.41) is 6.53. The lowest BCUT2D eigenvalue weighted by Gasteiger charge is -2.20. The number of nitrogens with one attached hydrogen (secondary N) is 2. The van der Waals surface area contributed by atoms with Crippen LogP contribution in [0.4, 0.5) is 0 Å². The van der Waals surface area contributed by atoms with Gasteiger partial charge in [0.05, 0.1) is 5.75 Å². The number of guanidine groups is 1. The first-order valence-corrected chi connectivity index (χ1v) is 10.2. The van der Waals surface area contributed by atoms with Gasteiger partial charge in [0.1, 0.15) is 9.84 Å². The van der Waals surface area contributed by atoms with E-state index in [1.54, 1.807) is 14.2 Å². The van der Waals surface area contributed by atoms with E-state index in [9.17, 15) is 8.42 Å². The van der Waals surface area contributed by atoms with E-state index in [4.69, 9.17) is 4.74 Å². The zero-order valence-corrected chi connectivity index (χ0v) is 15.7. The minimum absolute atomic E-state index is 0.0951. The van der Waals surface area contributed by atoms with Gasteiger partial charge in [-0.1, -0.05) is 0 Å². The molecule has 0 amide bonds. The van der Waals surface area contributed by atoms with Crippen LogP contribution in [-0.2, 0) is 14.6 Å². The van der Waals surface area contributed by atoms with Gasteiger partial charge >= 0.3 is 0 Å². The first-order valence-electron chi connectivity index (χ1n) is 8.10. The number of aliphatic imine (C=N–C) groups is 1. The molecule has 0 bridgehead atoms. The summed E-state index contributed by atoms with van der Waals surface area (Å²) in [5.74, 6) is 0.988. The predicted molar refractivity (Wildman–Crippen MR) is 94.7 cm³/mol. The van der Waals surface area contributed by atoms with E-state index in [0.717, 1.165) is 51.5 Å². The van der Waals surface area contributed by atoms with Gasteiger partial charge in [0, 0.05) is 58.6 Å². The SMILES string of the molecule is CN=C(NCCN(C)CCCOC)NCC1(CS(C)(=O)=O)CC1. The van der Waals surface area contributed by atoms with E-state index < -0.39 is 9.84 Å². The maximum Gasteiger partial charge on any atom is 0.191 e. The topological polar surface area (TPSA) is 83.0 Å². The Hall–Kier alpha value is -0.860. The number of hydrogen-bond donors (Lipinski definition) is 2. The molecule has 0 unspecified atom stereocenters. The van der Waals surface area contributed by atoms with Crippen LogP contribution in [0.15, 0.2) is 4.99 Å². The highest BCUT2D eigenvalue weighted by Crippen LogP contribution is 2.45. The Kier molecular flexibility index (Phi) is 8.28. The van der Waals surface area contributed by atoms with Crippen LogP contribution in [0.5, 0.6) is 0 Å². The molecule has 0 aromatic rings. The molecule has 1 fully saturated rings. The molecule has 1 aliphatic carbocycles. The van der Waals surface area contributed by atoms with Crippen molar-refractivity contribution in [2.24, 2.45) is 10.4 Å². The van der Waals surface area contributed by atoms with Gasteiger partial charge in [-0.15, -0.1) is 0 Å². The van der Waals surface area contributed by atoms with E-state index in [2.05, 4.69) is 27.6 Å². The van der Waals surface area contributed by atoms with Crippen molar-refractivity contribution in [3.63, 3.8) is 0 Å². The van der Waals surface area contributed by atoms with Gasteiger partial charge in [0.2, 0.25) is 0 Å². The van der Waals surface area contributed by atoms with Crippen molar-refractivity contribution in [3.05, 3.63) is 0 Å². The fourth-order valence-electron chi connectivity index (χ4n) is 2.55. The smallest absolute Gasteiger partial charge is 0.191 e. The van der Waals surface area contributed by atoms with Crippen LogP contribution in [0, 0.1) is 5.41 Å². The number of hydrogen-bond acceptors (Lipinski definition) is 5. The summed E-state index contributed by atoms with van der Waals surface area (Å²) in [4.78, 5) is 6.44. The van der Waals surface area contributed by atoms with Crippen LogP contribution < -0.4 is 10.6 Å². The van der Waals surface area contributed by atoms with E-state index in [1.807, 2.05) is 0 Å². The summed E-state index contributed by atoms with van der Waals surface area (Å²) in [6, 6.07) is 0. The highest BCUT2D eigenvalue weighted by molar-refractivity contribution is 7.90.